The van der Waals surface area contributed by atoms with Gasteiger partial charge in [-0.25, -0.2) is 0 Å². The van der Waals surface area contributed by atoms with E-state index in [2.05, 4.69) is 46.0 Å². The van der Waals surface area contributed by atoms with Gasteiger partial charge in [-0.15, -0.1) is 0 Å². The molecule has 15 heavy (non-hydrogen) atoms. The van der Waals surface area contributed by atoms with Crippen LogP contribution in [0.4, 0.5) is 5.69 Å². The van der Waals surface area contributed by atoms with Gasteiger partial charge in [0.25, 0.3) is 0 Å². The first-order chi connectivity index (χ1) is 7.19. The van der Waals surface area contributed by atoms with Crippen LogP contribution in [0.2, 0.25) is 0 Å². The summed E-state index contributed by atoms with van der Waals surface area (Å²) >= 11 is 3.66. The predicted octanol–water partition coefficient (Wildman–Crippen LogP) is 3.75. The van der Waals surface area contributed by atoms with E-state index < -0.39 is 0 Å². The Hall–Kier alpha value is -0.500. The fourth-order valence-electron chi connectivity index (χ4n) is 2.80. The largest absolute Gasteiger partial charge is 0.369 e. The zero-order valence-electron chi connectivity index (χ0n) is 9.09. The summed E-state index contributed by atoms with van der Waals surface area (Å²) in [6.07, 6.45) is 4.35. The van der Waals surface area contributed by atoms with E-state index in [0.29, 0.717) is 5.41 Å². The number of aryl methyl sites for hydroxylation is 1. The highest BCUT2D eigenvalue weighted by molar-refractivity contribution is 9.10. The molecule has 0 atom stereocenters. The van der Waals surface area contributed by atoms with E-state index in [-0.39, 0.29) is 0 Å². The minimum absolute atomic E-state index is 0.713. The van der Waals surface area contributed by atoms with E-state index in [1.807, 2.05) is 0 Å². The third-order valence-corrected chi connectivity index (χ3v) is 4.55. The first-order valence-corrected chi connectivity index (χ1v) is 6.49. The summed E-state index contributed by atoms with van der Waals surface area (Å²) in [6.45, 7) is 4.68. The molecule has 1 nitrogen and oxygen atoms in total. The Morgan fingerprint density at radius 2 is 2.00 bits per heavy atom. The maximum Gasteiger partial charge on any atom is 0.0511 e. The lowest BCUT2D eigenvalue weighted by atomic mass is 9.63. The highest BCUT2D eigenvalue weighted by atomic mass is 79.9. The predicted molar refractivity (Wildman–Crippen MR) is 67.4 cm³/mol. The highest BCUT2D eigenvalue weighted by Crippen LogP contribution is 2.50. The van der Waals surface area contributed by atoms with Gasteiger partial charge < -0.3 is 4.90 Å². The van der Waals surface area contributed by atoms with E-state index >= 15 is 0 Å². The van der Waals surface area contributed by atoms with E-state index in [4.69, 9.17) is 0 Å². The Balaban J connectivity index is 1.77. The standard InChI is InChI=1S/C13H16BrN/c1-10-3-4-12(11(14)7-10)15-8-13(9-15)5-2-6-13/h3-4,7H,2,5-6,8-9H2,1H3. The van der Waals surface area contributed by atoms with Gasteiger partial charge >= 0.3 is 0 Å². The van der Waals surface area contributed by atoms with Gasteiger partial charge in [0, 0.05) is 23.0 Å². The average molecular weight is 266 g/mol. The Morgan fingerprint density at radius 1 is 1.27 bits per heavy atom. The quantitative estimate of drug-likeness (QED) is 0.748. The lowest BCUT2D eigenvalue weighted by Gasteiger charge is -2.57. The molecule has 1 spiro atoms. The van der Waals surface area contributed by atoms with E-state index in [0.717, 1.165) is 0 Å². The second-order valence-corrected chi connectivity index (χ2v) is 6.02. The zero-order chi connectivity index (χ0) is 10.5. The van der Waals surface area contributed by atoms with Crippen LogP contribution in [0.25, 0.3) is 0 Å². The number of hydrogen-bond donors (Lipinski definition) is 0. The maximum absolute atomic E-state index is 3.66. The second-order valence-electron chi connectivity index (χ2n) is 5.16. The molecule has 0 N–H and O–H groups in total. The molecule has 2 aliphatic rings. The molecule has 3 rings (SSSR count). The Labute approximate surface area is 99.6 Å². The summed E-state index contributed by atoms with van der Waals surface area (Å²) in [5, 5.41) is 0. The van der Waals surface area contributed by atoms with Crippen LogP contribution in [0, 0.1) is 12.3 Å². The molecule has 2 heteroatoms. The van der Waals surface area contributed by atoms with Gasteiger partial charge in [0.2, 0.25) is 0 Å². The molecule has 1 aliphatic carbocycles. The van der Waals surface area contributed by atoms with Crippen LogP contribution in [-0.2, 0) is 0 Å². The van der Waals surface area contributed by atoms with Crippen molar-refractivity contribution in [2.75, 3.05) is 18.0 Å². The molecule has 0 amide bonds. The lowest BCUT2D eigenvalue weighted by Crippen LogP contribution is -2.59. The van der Waals surface area contributed by atoms with E-state index in [9.17, 15) is 0 Å². The molecule has 0 unspecified atom stereocenters. The smallest absolute Gasteiger partial charge is 0.0511 e. The van der Waals surface area contributed by atoms with Gasteiger partial charge in [0.05, 0.1) is 5.69 Å². The molecular weight excluding hydrogens is 250 g/mol. The SMILES string of the molecule is Cc1ccc(N2CC3(CCC3)C2)c(Br)c1. The molecular formula is C13H16BrN. The van der Waals surface area contributed by atoms with Gasteiger partial charge in [-0.05, 0) is 53.4 Å². The molecule has 1 aromatic rings. The minimum Gasteiger partial charge on any atom is -0.369 e. The number of nitrogens with zero attached hydrogens (tertiary/aromatic N) is 1. The van der Waals surface area contributed by atoms with Gasteiger partial charge in [-0.1, -0.05) is 12.5 Å². The number of hydrogen-bond acceptors (Lipinski definition) is 1. The molecule has 80 valence electrons. The minimum atomic E-state index is 0.713. The lowest BCUT2D eigenvalue weighted by molar-refractivity contribution is 0.0903. The zero-order valence-corrected chi connectivity index (χ0v) is 10.7. The first kappa shape index (κ1) is 9.71. The summed E-state index contributed by atoms with van der Waals surface area (Å²) in [7, 11) is 0. The Kier molecular flexibility index (Phi) is 2.10. The van der Waals surface area contributed by atoms with E-state index in [1.165, 1.54) is 48.1 Å². The van der Waals surface area contributed by atoms with Crippen LogP contribution in [0.5, 0.6) is 0 Å². The maximum atomic E-state index is 3.66. The number of halogens is 1. The van der Waals surface area contributed by atoms with Crippen molar-refractivity contribution in [1.29, 1.82) is 0 Å². The van der Waals surface area contributed by atoms with Crippen molar-refractivity contribution in [2.24, 2.45) is 5.41 Å². The molecule has 0 aromatic heterocycles. The third-order valence-electron chi connectivity index (χ3n) is 3.91. The molecule has 1 heterocycles. The van der Waals surface area contributed by atoms with Crippen molar-refractivity contribution < 1.29 is 0 Å². The van der Waals surface area contributed by atoms with Gasteiger partial charge in [-0.3, -0.25) is 0 Å². The van der Waals surface area contributed by atoms with Crippen LogP contribution in [0.1, 0.15) is 24.8 Å². The van der Waals surface area contributed by atoms with Crippen LogP contribution in [0.3, 0.4) is 0 Å². The van der Waals surface area contributed by atoms with Crippen molar-refractivity contribution in [3.63, 3.8) is 0 Å². The molecule has 1 aliphatic heterocycles. The summed E-state index contributed by atoms with van der Waals surface area (Å²) in [5.41, 5.74) is 3.41. The van der Waals surface area contributed by atoms with Crippen LogP contribution < -0.4 is 4.90 Å². The fraction of sp³-hybridized carbons (Fsp3) is 0.538. The van der Waals surface area contributed by atoms with Crippen LogP contribution in [-0.4, -0.2) is 13.1 Å². The van der Waals surface area contributed by atoms with Crippen LogP contribution >= 0.6 is 15.9 Å². The van der Waals surface area contributed by atoms with Crippen LogP contribution in [0.15, 0.2) is 22.7 Å². The van der Waals surface area contributed by atoms with Crippen molar-refractivity contribution in [2.45, 2.75) is 26.2 Å². The van der Waals surface area contributed by atoms with Gasteiger partial charge in [0.1, 0.15) is 0 Å². The summed E-state index contributed by atoms with van der Waals surface area (Å²) in [5.74, 6) is 0. The summed E-state index contributed by atoms with van der Waals surface area (Å²) in [4.78, 5) is 2.50. The number of rotatable bonds is 1. The van der Waals surface area contributed by atoms with Crippen molar-refractivity contribution >= 4 is 21.6 Å². The average Bonchev–Trinajstić information content (AvgIpc) is 2.03. The molecule has 0 radical (unpaired) electrons. The van der Waals surface area contributed by atoms with E-state index in [1.54, 1.807) is 0 Å². The summed E-state index contributed by atoms with van der Waals surface area (Å²) in [6, 6.07) is 6.65. The Morgan fingerprint density at radius 3 is 2.53 bits per heavy atom. The van der Waals surface area contributed by atoms with Crippen molar-refractivity contribution in [3.05, 3.63) is 28.2 Å². The monoisotopic (exact) mass is 265 g/mol. The van der Waals surface area contributed by atoms with Gasteiger partial charge in [0.15, 0.2) is 0 Å². The fourth-order valence-corrected chi connectivity index (χ4v) is 3.54. The molecule has 1 saturated heterocycles. The molecule has 2 fully saturated rings. The topological polar surface area (TPSA) is 3.24 Å². The summed E-state index contributed by atoms with van der Waals surface area (Å²) < 4.78 is 1.25. The molecule has 0 bridgehead atoms. The molecule has 1 saturated carbocycles. The molecule has 1 aromatic carbocycles. The Bertz CT molecular complexity index is 388. The second kappa shape index (κ2) is 3.24. The number of benzene rings is 1. The number of anilines is 1. The van der Waals surface area contributed by atoms with Gasteiger partial charge in [-0.2, -0.15) is 0 Å². The normalized spacial score (nSPS) is 22.4. The van der Waals surface area contributed by atoms with Crippen molar-refractivity contribution in [1.82, 2.24) is 0 Å². The first-order valence-electron chi connectivity index (χ1n) is 5.70. The third kappa shape index (κ3) is 1.50. The highest BCUT2D eigenvalue weighted by Gasteiger charge is 2.47. The van der Waals surface area contributed by atoms with Crippen molar-refractivity contribution in [3.8, 4) is 0 Å².